The summed E-state index contributed by atoms with van der Waals surface area (Å²) in [4.78, 5) is 26.6. The summed E-state index contributed by atoms with van der Waals surface area (Å²) in [7, 11) is 5.66. The fourth-order valence-electron chi connectivity index (χ4n) is 1.69. The van der Waals surface area contributed by atoms with Crippen LogP contribution in [-0.2, 0) is 16.0 Å². The van der Waals surface area contributed by atoms with E-state index in [-0.39, 0.29) is 11.8 Å². The molecule has 1 aromatic rings. The van der Waals surface area contributed by atoms with E-state index in [4.69, 9.17) is 0 Å². The zero-order chi connectivity index (χ0) is 15.1. The van der Waals surface area contributed by atoms with Crippen LogP contribution in [0.5, 0.6) is 0 Å². The van der Waals surface area contributed by atoms with E-state index in [1.807, 2.05) is 43.3 Å². The van der Waals surface area contributed by atoms with Gasteiger partial charge in [0, 0.05) is 32.7 Å². The molecule has 0 unspecified atom stereocenters. The lowest BCUT2D eigenvalue weighted by Crippen LogP contribution is -2.32. The van der Waals surface area contributed by atoms with Crippen LogP contribution in [0.2, 0.25) is 0 Å². The first-order valence-electron chi connectivity index (χ1n) is 6.65. The molecule has 1 aromatic carbocycles. The van der Waals surface area contributed by atoms with Gasteiger partial charge in [0.25, 0.3) is 0 Å². The summed E-state index contributed by atoms with van der Waals surface area (Å²) in [5, 5.41) is 2.87. The van der Waals surface area contributed by atoms with Gasteiger partial charge in [-0.25, -0.2) is 0 Å². The number of hydrogen-bond donors (Lipinski definition) is 1. The van der Waals surface area contributed by atoms with Crippen molar-refractivity contribution >= 4 is 17.5 Å². The fourth-order valence-corrected chi connectivity index (χ4v) is 1.69. The molecule has 2 amide bonds. The second kappa shape index (κ2) is 7.65. The topological polar surface area (TPSA) is 52.7 Å². The summed E-state index contributed by atoms with van der Waals surface area (Å²) in [6.45, 7) is 3.00. The van der Waals surface area contributed by atoms with Crippen LogP contribution in [0.3, 0.4) is 0 Å². The van der Waals surface area contributed by atoms with Gasteiger partial charge in [-0.15, -0.1) is 0 Å². The lowest BCUT2D eigenvalue weighted by molar-refractivity contribution is -0.120. The number of amides is 2. The second-order valence-corrected chi connectivity index (χ2v) is 5.07. The van der Waals surface area contributed by atoms with Crippen molar-refractivity contribution < 1.29 is 9.59 Å². The van der Waals surface area contributed by atoms with Gasteiger partial charge in [-0.1, -0.05) is 12.1 Å². The number of hydrogen-bond acceptors (Lipinski definition) is 3. The van der Waals surface area contributed by atoms with Gasteiger partial charge in [-0.2, -0.15) is 0 Å². The highest BCUT2D eigenvalue weighted by Crippen LogP contribution is 2.14. The highest BCUT2D eigenvalue weighted by Gasteiger charge is 2.07. The van der Waals surface area contributed by atoms with Crippen LogP contribution in [0.1, 0.15) is 12.5 Å². The maximum absolute atomic E-state index is 11.7. The molecule has 0 radical (unpaired) electrons. The molecule has 5 nitrogen and oxygen atoms in total. The lowest BCUT2D eigenvalue weighted by Gasteiger charge is -2.15. The third kappa shape index (κ3) is 5.40. The third-order valence-electron chi connectivity index (χ3n) is 3.04. The molecule has 20 heavy (non-hydrogen) atoms. The zero-order valence-electron chi connectivity index (χ0n) is 12.6. The first-order valence-corrected chi connectivity index (χ1v) is 6.65. The van der Waals surface area contributed by atoms with E-state index in [9.17, 15) is 9.59 Å². The van der Waals surface area contributed by atoms with E-state index >= 15 is 0 Å². The Morgan fingerprint density at radius 1 is 1.10 bits per heavy atom. The number of benzene rings is 1. The molecule has 0 saturated heterocycles. The second-order valence-electron chi connectivity index (χ2n) is 5.07. The first kappa shape index (κ1) is 16.2. The molecule has 0 atom stereocenters. The molecule has 0 aliphatic heterocycles. The average molecular weight is 277 g/mol. The summed E-state index contributed by atoms with van der Waals surface area (Å²) in [6, 6.07) is 7.45. The third-order valence-corrected chi connectivity index (χ3v) is 3.04. The molecule has 1 rings (SSSR count). The van der Waals surface area contributed by atoms with Gasteiger partial charge in [0.15, 0.2) is 0 Å². The van der Waals surface area contributed by atoms with Gasteiger partial charge in [0.1, 0.15) is 0 Å². The van der Waals surface area contributed by atoms with Crippen molar-refractivity contribution in [2.75, 3.05) is 39.1 Å². The average Bonchev–Trinajstić information content (AvgIpc) is 2.38. The number of carbonyl (C=O) groups excluding carboxylic acids is 2. The van der Waals surface area contributed by atoms with Crippen LogP contribution in [0, 0.1) is 0 Å². The Hall–Kier alpha value is -1.88. The van der Waals surface area contributed by atoms with Crippen LogP contribution in [-0.4, -0.2) is 50.9 Å². The van der Waals surface area contributed by atoms with E-state index in [2.05, 4.69) is 5.32 Å². The molecule has 5 heteroatoms. The number of nitrogens with zero attached hydrogens (tertiary/aromatic N) is 2. The Morgan fingerprint density at radius 2 is 1.70 bits per heavy atom. The smallest absolute Gasteiger partial charge is 0.224 e. The van der Waals surface area contributed by atoms with Crippen molar-refractivity contribution in [3.63, 3.8) is 0 Å². The van der Waals surface area contributed by atoms with Crippen molar-refractivity contribution in [3.8, 4) is 0 Å². The van der Waals surface area contributed by atoms with Crippen molar-refractivity contribution in [2.45, 2.75) is 13.3 Å². The standard InChI is InChI=1S/C15H23N3O2/c1-12(19)18(4)14-7-5-13(6-8-14)11-15(20)16-9-10-17(2)3/h5-8H,9-11H2,1-4H3,(H,16,20). The Kier molecular flexibility index (Phi) is 6.18. The number of nitrogens with one attached hydrogen (secondary N) is 1. The Balaban J connectivity index is 2.49. The number of rotatable bonds is 6. The molecule has 0 spiro atoms. The predicted molar refractivity (Wildman–Crippen MR) is 80.8 cm³/mol. The van der Waals surface area contributed by atoms with Crippen molar-refractivity contribution in [1.29, 1.82) is 0 Å². The van der Waals surface area contributed by atoms with Crippen molar-refractivity contribution in [2.24, 2.45) is 0 Å². The molecule has 0 aliphatic rings. The van der Waals surface area contributed by atoms with Gasteiger partial charge in [0.05, 0.1) is 6.42 Å². The number of carbonyl (C=O) groups is 2. The maximum Gasteiger partial charge on any atom is 0.224 e. The minimum atomic E-state index is -0.0146. The zero-order valence-corrected chi connectivity index (χ0v) is 12.6. The SMILES string of the molecule is CC(=O)N(C)c1ccc(CC(=O)NCCN(C)C)cc1. The first-order chi connectivity index (χ1) is 9.40. The van der Waals surface area contributed by atoms with Crippen LogP contribution in [0.25, 0.3) is 0 Å². The van der Waals surface area contributed by atoms with Crippen LogP contribution in [0.15, 0.2) is 24.3 Å². The Labute approximate surface area is 120 Å². The normalized spacial score (nSPS) is 10.4. The van der Waals surface area contributed by atoms with E-state index in [1.54, 1.807) is 11.9 Å². The molecule has 0 heterocycles. The van der Waals surface area contributed by atoms with E-state index in [0.717, 1.165) is 17.8 Å². The molecule has 0 aromatic heterocycles. The molecule has 0 bridgehead atoms. The van der Waals surface area contributed by atoms with Crippen LogP contribution in [0.4, 0.5) is 5.69 Å². The van der Waals surface area contributed by atoms with Crippen LogP contribution < -0.4 is 10.2 Å². The van der Waals surface area contributed by atoms with E-state index < -0.39 is 0 Å². The number of anilines is 1. The highest BCUT2D eigenvalue weighted by atomic mass is 16.2. The Morgan fingerprint density at radius 3 is 2.20 bits per heavy atom. The number of likely N-dealkylation sites (N-methyl/N-ethyl adjacent to an activating group) is 1. The maximum atomic E-state index is 11.7. The van der Waals surface area contributed by atoms with Gasteiger partial charge >= 0.3 is 0 Å². The largest absolute Gasteiger partial charge is 0.355 e. The predicted octanol–water partition coefficient (Wildman–Crippen LogP) is 0.890. The molecule has 110 valence electrons. The minimum absolute atomic E-state index is 0.0134. The molecular weight excluding hydrogens is 254 g/mol. The monoisotopic (exact) mass is 277 g/mol. The van der Waals surface area contributed by atoms with E-state index in [0.29, 0.717) is 13.0 Å². The quantitative estimate of drug-likeness (QED) is 0.840. The summed E-state index contributed by atoms with van der Waals surface area (Å²) in [5.41, 5.74) is 1.77. The van der Waals surface area contributed by atoms with Crippen molar-refractivity contribution in [1.82, 2.24) is 10.2 Å². The van der Waals surface area contributed by atoms with Gasteiger partial charge < -0.3 is 15.1 Å². The summed E-state index contributed by atoms with van der Waals surface area (Å²) in [6.07, 6.45) is 0.359. The minimum Gasteiger partial charge on any atom is -0.355 e. The molecule has 1 N–H and O–H groups in total. The summed E-state index contributed by atoms with van der Waals surface area (Å²) in [5.74, 6) is -0.00120. The molecule has 0 aliphatic carbocycles. The van der Waals surface area contributed by atoms with Gasteiger partial charge in [0.2, 0.25) is 11.8 Å². The van der Waals surface area contributed by atoms with E-state index in [1.165, 1.54) is 6.92 Å². The van der Waals surface area contributed by atoms with Gasteiger partial charge in [-0.05, 0) is 31.8 Å². The van der Waals surface area contributed by atoms with Gasteiger partial charge in [-0.3, -0.25) is 9.59 Å². The Bertz CT molecular complexity index is 455. The van der Waals surface area contributed by atoms with Crippen LogP contribution >= 0.6 is 0 Å². The molecular formula is C15H23N3O2. The lowest BCUT2D eigenvalue weighted by atomic mass is 10.1. The molecule has 0 saturated carbocycles. The highest BCUT2D eigenvalue weighted by molar-refractivity contribution is 5.90. The van der Waals surface area contributed by atoms with Crippen molar-refractivity contribution in [3.05, 3.63) is 29.8 Å². The fraction of sp³-hybridized carbons (Fsp3) is 0.467. The molecule has 0 fully saturated rings. The summed E-state index contributed by atoms with van der Waals surface area (Å²) >= 11 is 0. The summed E-state index contributed by atoms with van der Waals surface area (Å²) < 4.78 is 0.